The lowest BCUT2D eigenvalue weighted by atomic mass is 10.1. The molecular formula is C14H28O2. The lowest BCUT2D eigenvalue weighted by Gasteiger charge is -2.08. The highest BCUT2D eigenvalue weighted by atomic mass is 16.5. The Morgan fingerprint density at radius 1 is 1.00 bits per heavy atom. The second-order valence-corrected chi connectivity index (χ2v) is 4.60. The van der Waals surface area contributed by atoms with Crippen molar-refractivity contribution in [3.63, 3.8) is 0 Å². The van der Waals surface area contributed by atoms with Crippen LogP contribution in [0.5, 0.6) is 0 Å². The van der Waals surface area contributed by atoms with Gasteiger partial charge in [0.2, 0.25) is 0 Å². The van der Waals surface area contributed by atoms with E-state index in [2.05, 4.69) is 6.92 Å². The van der Waals surface area contributed by atoms with Crippen LogP contribution in [-0.4, -0.2) is 12.6 Å². The maximum atomic E-state index is 11.3. The third kappa shape index (κ3) is 8.75. The van der Waals surface area contributed by atoms with Crippen LogP contribution in [0.3, 0.4) is 0 Å². The van der Waals surface area contributed by atoms with Crippen LogP contribution < -0.4 is 0 Å². The van der Waals surface area contributed by atoms with E-state index in [1.54, 1.807) is 0 Å². The lowest BCUT2D eigenvalue weighted by molar-refractivity contribution is -0.148. The standard InChI is InChI=1S/C14H28O2/c1-4-6-7-8-9-10-11-12-16-14(15)13(3)5-2/h13H,4-12H2,1-3H3. The molecule has 0 aromatic carbocycles. The minimum Gasteiger partial charge on any atom is -0.465 e. The van der Waals surface area contributed by atoms with E-state index < -0.39 is 0 Å². The second-order valence-electron chi connectivity index (χ2n) is 4.60. The highest BCUT2D eigenvalue weighted by Crippen LogP contribution is 2.08. The minimum atomic E-state index is -0.0338. The second kappa shape index (κ2) is 11.0. The van der Waals surface area contributed by atoms with Gasteiger partial charge in [-0.1, -0.05) is 59.3 Å². The molecule has 0 amide bonds. The zero-order chi connectivity index (χ0) is 12.2. The Bertz CT molecular complexity index is 166. The van der Waals surface area contributed by atoms with E-state index in [4.69, 9.17) is 4.74 Å². The van der Waals surface area contributed by atoms with E-state index >= 15 is 0 Å². The predicted octanol–water partition coefficient (Wildman–Crippen LogP) is 4.33. The van der Waals surface area contributed by atoms with Gasteiger partial charge in [0.05, 0.1) is 12.5 Å². The van der Waals surface area contributed by atoms with Crippen LogP contribution in [0.25, 0.3) is 0 Å². The normalized spacial score (nSPS) is 12.4. The first-order valence-corrected chi connectivity index (χ1v) is 6.89. The van der Waals surface area contributed by atoms with Gasteiger partial charge < -0.3 is 4.74 Å². The van der Waals surface area contributed by atoms with Gasteiger partial charge in [-0.05, 0) is 12.8 Å². The maximum Gasteiger partial charge on any atom is 0.308 e. The monoisotopic (exact) mass is 228 g/mol. The Kier molecular flexibility index (Phi) is 10.6. The molecule has 2 nitrogen and oxygen atoms in total. The number of ether oxygens (including phenoxy) is 1. The maximum absolute atomic E-state index is 11.3. The first-order chi connectivity index (χ1) is 7.72. The Labute approximate surface area is 101 Å². The highest BCUT2D eigenvalue weighted by molar-refractivity contribution is 5.71. The first kappa shape index (κ1) is 15.5. The Hall–Kier alpha value is -0.530. The molecule has 0 bridgehead atoms. The van der Waals surface area contributed by atoms with Gasteiger partial charge in [-0.15, -0.1) is 0 Å². The SMILES string of the molecule is CCCCCCCCCOC(=O)C(C)CC. The van der Waals surface area contributed by atoms with Gasteiger partial charge in [-0.25, -0.2) is 0 Å². The molecule has 0 saturated carbocycles. The summed E-state index contributed by atoms with van der Waals surface area (Å²) in [5.41, 5.74) is 0. The smallest absolute Gasteiger partial charge is 0.308 e. The number of carbonyl (C=O) groups is 1. The molecule has 16 heavy (non-hydrogen) atoms. The summed E-state index contributed by atoms with van der Waals surface area (Å²) in [4.78, 5) is 11.3. The molecule has 2 heteroatoms. The molecule has 0 N–H and O–H groups in total. The van der Waals surface area contributed by atoms with E-state index in [0.717, 1.165) is 12.8 Å². The number of hydrogen-bond donors (Lipinski definition) is 0. The summed E-state index contributed by atoms with van der Waals surface area (Å²) >= 11 is 0. The van der Waals surface area contributed by atoms with Crippen LogP contribution in [0.2, 0.25) is 0 Å². The molecule has 0 aromatic heterocycles. The van der Waals surface area contributed by atoms with Crippen LogP contribution in [0.4, 0.5) is 0 Å². The molecule has 0 aliphatic carbocycles. The Morgan fingerprint density at radius 2 is 1.56 bits per heavy atom. The molecule has 0 rings (SSSR count). The highest BCUT2D eigenvalue weighted by Gasteiger charge is 2.10. The topological polar surface area (TPSA) is 26.3 Å². The van der Waals surface area contributed by atoms with Crippen LogP contribution in [0.15, 0.2) is 0 Å². The van der Waals surface area contributed by atoms with Crippen molar-refractivity contribution in [2.24, 2.45) is 5.92 Å². The summed E-state index contributed by atoms with van der Waals surface area (Å²) < 4.78 is 5.18. The van der Waals surface area contributed by atoms with E-state index in [9.17, 15) is 4.79 Å². The zero-order valence-corrected chi connectivity index (χ0v) is 11.3. The molecule has 0 aliphatic heterocycles. The van der Waals surface area contributed by atoms with Gasteiger partial charge in [-0.2, -0.15) is 0 Å². The lowest BCUT2D eigenvalue weighted by Crippen LogP contribution is -2.14. The summed E-state index contributed by atoms with van der Waals surface area (Å²) in [6.45, 7) is 6.78. The predicted molar refractivity (Wildman–Crippen MR) is 68.4 cm³/mol. The number of unbranched alkanes of at least 4 members (excludes halogenated alkanes) is 6. The van der Waals surface area contributed by atoms with Gasteiger partial charge >= 0.3 is 5.97 Å². The van der Waals surface area contributed by atoms with E-state index in [1.807, 2.05) is 13.8 Å². The summed E-state index contributed by atoms with van der Waals surface area (Å²) in [5, 5.41) is 0. The van der Waals surface area contributed by atoms with Crippen molar-refractivity contribution in [1.29, 1.82) is 0 Å². The fraction of sp³-hybridized carbons (Fsp3) is 0.929. The molecule has 1 unspecified atom stereocenters. The molecule has 0 spiro atoms. The molecule has 0 heterocycles. The van der Waals surface area contributed by atoms with Crippen LogP contribution >= 0.6 is 0 Å². The summed E-state index contributed by atoms with van der Waals surface area (Å²) in [5.74, 6) is 0.0260. The molecule has 0 saturated heterocycles. The van der Waals surface area contributed by atoms with Gasteiger partial charge in [0, 0.05) is 0 Å². The largest absolute Gasteiger partial charge is 0.465 e. The van der Waals surface area contributed by atoms with Crippen LogP contribution in [-0.2, 0) is 9.53 Å². The van der Waals surface area contributed by atoms with Crippen LogP contribution in [0.1, 0.15) is 72.1 Å². The van der Waals surface area contributed by atoms with Crippen LogP contribution in [0, 0.1) is 5.92 Å². The fourth-order valence-corrected chi connectivity index (χ4v) is 1.54. The van der Waals surface area contributed by atoms with Crippen molar-refractivity contribution in [3.8, 4) is 0 Å². The zero-order valence-electron chi connectivity index (χ0n) is 11.3. The van der Waals surface area contributed by atoms with Crippen molar-refractivity contribution in [3.05, 3.63) is 0 Å². The third-order valence-electron chi connectivity index (χ3n) is 3.01. The average molecular weight is 228 g/mol. The number of carbonyl (C=O) groups excluding carboxylic acids is 1. The third-order valence-corrected chi connectivity index (χ3v) is 3.01. The van der Waals surface area contributed by atoms with E-state index in [-0.39, 0.29) is 11.9 Å². The molecule has 1 atom stereocenters. The van der Waals surface area contributed by atoms with Gasteiger partial charge in [0.25, 0.3) is 0 Å². The van der Waals surface area contributed by atoms with E-state index in [1.165, 1.54) is 38.5 Å². The van der Waals surface area contributed by atoms with Crippen molar-refractivity contribution < 1.29 is 9.53 Å². The molecule has 0 radical (unpaired) electrons. The quantitative estimate of drug-likeness (QED) is 0.411. The number of hydrogen-bond acceptors (Lipinski definition) is 2. The summed E-state index contributed by atoms with van der Waals surface area (Å²) in [6, 6.07) is 0. The van der Waals surface area contributed by atoms with E-state index in [0.29, 0.717) is 6.61 Å². The first-order valence-electron chi connectivity index (χ1n) is 6.89. The average Bonchev–Trinajstić information content (AvgIpc) is 2.31. The Balaban J connectivity index is 3.18. The van der Waals surface area contributed by atoms with Crippen molar-refractivity contribution in [2.45, 2.75) is 72.1 Å². The molecule has 96 valence electrons. The van der Waals surface area contributed by atoms with Gasteiger partial charge in [-0.3, -0.25) is 4.79 Å². The Morgan fingerprint density at radius 3 is 2.12 bits per heavy atom. The molecule has 0 aliphatic rings. The molecule has 0 aromatic rings. The minimum absolute atomic E-state index is 0.0338. The van der Waals surface area contributed by atoms with Crippen molar-refractivity contribution >= 4 is 5.97 Å². The van der Waals surface area contributed by atoms with Crippen molar-refractivity contribution in [2.75, 3.05) is 6.61 Å². The van der Waals surface area contributed by atoms with Gasteiger partial charge in [0.15, 0.2) is 0 Å². The summed E-state index contributed by atoms with van der Waals surface area (Å²) in [6.07, 6.45) is 9.69. The van der Waals surface area contributed by atoms with Crippen molar-refractivity contribution in [1.82, 2.24) is 0 Å². The fourth-order valence-electron chi connectivity index (χ4n) is 1.54. The molecule has 0 fully saturated rings. The molecular weight excluding hydrogens is 200 g/mol. The number of esters is 1. The summed E-state index contributed by atoms with van der Waals surface area (Å²) in [7, 11) is 0. The van der Waals surface area contributed by atoms with Gasteiger partial charge in [0.1, 0.15) is 0 Å². The number of rotatable bonds is 10.